The maximum absolute atomic E-state index is 11.6. The first-order chi connectivity index (χ1) is 16.4. The lowest BCUT2D eigenvalue weighted by molar-refractivity contribution is -0.114. The molecule has 0 radical (unpaired) electrons. The van der Waals surface area contributed by atoms with Gasteiger partial charge in [0.25, 0.3) is 0 Å². The number of ether oxygens (including phenoxy) is 2. The number of pyridine rings is 2. The Hall–Kier alpha value is -3.28. The van der Waals surface area contributed by atoms with Crippen molar-refractivity contribution in [3.8, 4) is 6.07 Å². The second kappa shape index (κ2) is 9.92. The van der Waals surface area contributed by atoms with Gasteiger partial charge in [-0.15, -0.1) is 0 Å². The van der Waals surface area contributed by atoms with Crippen molar-refractivity contribution < 1.29 is 14.3 Å². The van der Waals surface area contributed by atoms with E-state index < -0.39 is 5.60 Å². The van der Waals surface area contributed by atoms with Crippen LogP contribution >= 0.6 is 0 Å². The summed E-state index contributed by atoms with van der Waals surface area (Å²) in [5.74, 6) is 0.383. The summed E-state index contributed by atoms with van der Waals surface area (Å²) in [7, 11) is 1.70. The number of nitriles is 1. The van der Waals surface area contributed by atoms with E-state index in [1.807, 2.05) is 6.07 Å². The lowest BCUT2D eigenvalue weighted by Gasteiger charge is -2.40. The molecule has 2 aromatic heterocycles. The number of amides is 1. The van der Waals surface area contributed by atoms with Crippen molar-refractivity contribution in [3.05, 3.63) is 59.7 Å². The van der Waals surface area contributed by atoms with E-state index in [0.29, 0.717) is 25.5 Å². The number of aromatic nitrogens is 2. The van der Waals surface area contributed by atoms with E-state index in [-0.39, 0.29) is 17.9 Å². The van der Waals surface area contributed by atoms with Crippen molar-refractivity contribution in [3.63, 3.8) is 0 Å². The quantitative estimate of drug-likeness (QED) is 0.637. The van der Waals surface area contributed by atoms with E-state index in [0.717, 1.165) is 47.5 Å². The number of carbonyl (C=O) groups excluding carboxylic acids is 1. The van der Waals surface area contributed by atoms with E-state index in [1.54, 1.807) is 19.5 Å². The van der Waals surface area contributed by atoms with Gasteiger partial charge in [-0.3, -0.25) is 9.78 Å². The van der Waals surface area contributed by atoms with Gasteiger partial charge in [0.15, 0.2) is 0 Å². The molecule has 1 saturated carbocycles. The van der Waals surface area contributed by atoms with Crippen molar-refractivity contribution in [1.82, 2.24) is 9.97 Å². The molecule has 1 amide bonds. The number of carbonyl (C=O) groups is 1. The first kappa shape index (κ1) is 23.9. The third-order valence-corrected chi connectivity index (χ3v) is 6.67. The highest BCUT2D eigenvalue weighted by molar-refractivity contribution is 5.88. The fourth-order valence-corrected chi connectivity index (χ4v) is 4.75. The van der Waals surface area contributed by atoms with Crippen LogP contribution in [-0.2, 0) is 26.3 Å². The van der Waals surface area contributed by atoms with Gasteiger partial charge in [-0.05, 0) is 55.3 Å². The lowest BCUT2D eigenvalue weighted by atomic mass is 9.80. The monoisotopic (exact) mass is 461 g/mol. The second-order valence-electron chi connectivity index (χ2n) is 9.12. The van der Waals surface area contributed by atoms with Crippen LogP contribution < -0.4 is 10.2 Å². The molecular weight excluding hydrogens is 430 g/mol. The van der Waals surface area contributed by atoms with Crippen molar-refractivity contribution in [2.75, 3.05) is 30.5 Å². The predicted octanol–water partition coefficient (Wildman–Crippen LogP) is 3.85. The molecule has 0 aromatic carbocycles. The maximum Gasteiger partial charge on any atom is 0.222 e. The molecule has 1 aliphatic heterocycles. The zero-order chi connectivity index (χ0) is 24.3. The van der Waals surface area contributed by atoms with Crippen LogP contribution in [0, 0.1) is 24.2 Å². The first-order valence-corrected chi connectivity index (χ1v) is 11.6. The summed E-state index contributed by atoms with van der Waals surface area (Å²) >= 11 is 0. The summed E-state index contributed by atoms with van der Waals surface area (Å²) in [5.41, 5.74) is 4.20. The van der Waals surface area contributed by atoms with Gasteiger partial charge in [-0.1, -0.05) is 6.58 Å². The minimum atomic E-state index is -0.533. The standard InChI is InChI=1S/C26H31N5O3/c1-5-31(22-10-19(11-22)14-27)23-15-28-25(29-18(3)32)13-20(23)12-21-8-17(2)9-24(30-21)26(33-4)6-7-34-16-26/h5,8-9,13,15,19,22H,1,6-7,10-12,16H2,2-4H3,(H,28,29,32)/t19-,22+,26-/m0/s1. The summed E-state index contributed by atoms with van der Waals surface area (Å²) in [4.78, 5) is 23.2. The average Bonchev–Trinajstić information content (AvgIpc) is 3.26. The van der Waals surface area contributed by atoms with Crippen LogP contribution in [0.2, 0.25) is 0 Å². The molecular formula is C26H31N5O3. The summed E-state index contributed by atoms with van der Waals surface area (Å²) in [6, 6.07) is 8.55. The van der Waals surface area contributed by atoms with E-state index >= 15 is 0 Å². The van der Waals surface area contributed by atoms with Gasteiger partial charge in [0.05, 0.1) is 36.2 Å². The number of anilines is 2. The van der Waals surface area contributed by atoms with Crippen molar-refractivity contribution in [2.45, 2.75) is 51.2 Å². The van der Waals surface area contributed by atoms with Gasteiger partial charge in [0.1, 0.15) is 11.4 Å². The Morgan fingerprint density at radius 1 is 1.44 bits per heavy atom. The summed E-state index contributed by atoms with van der Waals surface area (Å²) in [6.07, 6.45) is 6.44. The van der Waals surface area contributed by atoms with Crippen LogP contribution in [0.25, 0.3) is 0 Å². The minimum Gasteiger partial charge on any atom is -0.378 e. The summed E-state index contributed by atoms with van der Waals surface area (Å²) < 4.78 is 11.5. The van der Waals surface area contributed by atoms with Gasteiger partial charge in [-0.2, -0.15) is 5.26 Å². The molecule has 178 valence electrons. The zero-order valence-electron chi connectivity index (χ0n) is 20.0. The molecule has 8 heteroatoms. The molecule has 3 heterocycles. The molecule has 1 N–H and O–H groups in total. The molecule has 4 rings (SSSR count). The normalized spacial score (nSPS) is 23.6. The highest BCUT2D eigenvalue weighted by Crippen LogP contribution is 2.37. The first-order valence-electron chi connectivity index (χ1n) is 11.6. The molecule has 8 nitrogen and oxygen atoms in total. The Labute approximate surface area is 200 Å². The minimum absolute atomic E-state index is 0.0716. The Morgan fingerprint density at radius 2 is 2.24 bits per heavy atom. The Morgan fingerprint density at radius 3 is 2.85 bits per heavy atom. The molecule has 0 unspecified atom stereocenters. The SMILES string of the molecule is C=CN(c1cnc(NC(C)=O)cc1Cc1cc(C)cc([C@]2(OC)CCOC2)n1)[C@H]1C[C@@H](C#N)C1. The molecule has 1 atom stereocenters. The Kier molecular flexibility index (Phi) is 6.96. The molecule has 1 aliphatic carbocycles. The fraction of sp³-hybridized carbons (Fsp3) is 0.462. The largest absolute Gasteiger partial charge is 0.378 e. The number of nitrogens with one attached hydrogen (secondary N) is 1. The maximum atomic E-state index is 11.6. The molecule has 2 aliphatic rings. The number of aryl methyl sites for hydroxylation is 1. The summed E-state index contributed by atoms with van der Waals surface area (Å²) in [5, 5.41) is 12.0. The van der Waals surface area contributed by atoms with E-state index in [9.17, 15) is 10.1 Å². The average molecular weight is 462 g/mol. The van der Waals surface area contributed by atoms with Crippen LogP contribution in [0.4, 0.5) is 11.5 Å². The third kappa shape index (κ3) is 4.81. The second-order valence-corrected chi connectivity index (χ2v) is 9.12. The topological polar surface area (TPSA) is 100 Å². The third-order valence-electron chi connectivity index (χ3n) is 6.67. The highest BCUT2D eigenvalue weighted by Gasteiger charge is 2.39. The molecule has 1 saturated heterocycles. The van der Waals surface area contributed by atoms with Crippen molar-refractivity contribution >= 4 is 17.4 Å². The molecule has 34 heavy (non-hydrogen) atoms. The Bertz CT molecular complexity index is 1110. The van der Waals surface area contributed by atoms with Gasteiger partial charge in [0.2, 0.25) is 5.91 Å². The van der Waals surface area contributed by atoms with E-state index in [1.165, 1.54) is 6.92 Å². The summed E-state index contributed by atoms with van der Waals surface area (Å²) in [6.45, 7) is 8.65. The molecule has 0 bridgehead atoms. The molecule has 0 spiro atoms. The van der Waals surface area contributed by atoms with E-state index in [4.69, 9.17) is 14.5 Å². The van der Waals surface area contributed by atoms with Crippen LogP contribution in [0.1, 0.15) is 48.7 Å². The van der Waals surface area contributed by atoms with Gasteiger partial charge < -0.3 is 19.7 Å². The molecule has 2 aromatic rings. The lowest BCUT2D eigenvalue weighted by Crippen LogP contribution is -2.41. The van der Waals surface area contributed by atoms with Crippen molar-refractivity contribution in [2.24, 2.45) is 5.92 Å². The van der Waals surface area contributed by atoms with Crippen LogP contribution in [-0.4, -0.2) is 42.2 Å². The number of hydrogen-bond acceptors (Lipinski definition) is 7. The van der Waals surface area contributed by atoms with Gasteiger partial charge in [0, 0.05) is 45.2 Å². The predicted molar refractivity (Wildman–Crippen MR) is 129 cm³/mol. The number of rotatable bonds is 8. The molecule has 2 fully saturated rings. The smallest absolute Gasteiger partial charge is 0.222 e. The van der Waals surface area contributed by atoms with Crippen molar-refractivity contribution in [1.29, 1.82) is 5.26 Å². The number of methoxy groups -OCH3 is 1. The van der Waals surface area contributed by atoms with Crippen LogP contribution in [0.15, 0.2) is 37.2 Å². The number of hydrogen-bond donors (Lipinski definition) is 1. The van der Waals surface area contributed by atoms with Crippen LogP contribution in [0.3, 0.4) is 0 Å². The zero-order valence-corrected chi connectivity index (χ0v) is 20.0. The number of nitrogens with zero attached hydrogens (tertiary/aromatic N) is 4. The Balaban J connectivity index is 1.70. The van der Waals surface area contributed by atoms with E-state index in [2.05, 4.69) is 46.9 Å². The fourth-order valence-electron chi connectivity index (χ4n) is 4.75. The van der Waals surface area contributed by atoms with Gasteiger partial charge in [-0.25, -0.2) is 4.98 Å². The highest BCUT2D eigenvalue weighted by atomic mass is 16.5. The van der Waals surface area contributed by atoms with Crippen LogP contribution in [0.5, 0.6) is 0 Å². The van der Waals surface area contributed by atoms with Gasteiger partial charge >= 0.3 is 0 Å².